The molecule has 0 saturated carbocycles. The molecule has 1 N–H and O–H groups in total. The summed E-state index contributed by atoms with van der Waals surface area (Å²) in [7, 11) is 1.83. The number of rotatable bonds is 3. The van der Waals surface area contributed by atoms with Gasteiger partial charge in [-0.1, -0.05) is 23.7 Å². The second-order valence-corrected chi connectivity index (χ2v) is 5.57. The molecule has 2 aromatic rings. The molecule has 1 saturated heterocycles. The fraction of sp³-hybridized carbons (Fsp3) is 0.333. The Morgan fingerprint density at radius 1 is 1.43 bits per heavy atom. The molecule has 0 aliphatic carbocycles. The van der Waals surface area contributed by atoms with Crippen LogP contribution in [0.15, 0.2) is 36.5 Å². The van der Waals surface area contributed by atoms with Crippen molar-refractivity contribution in [1.29, 1.82) is 0 Å². The summed E-state index contributed by atoms with van der Waals surface area (Å²) < 4.78 is 1.64. The third kappa shape index (κ3) is 2.80. The van der Waals surface area contributed by atoms with Gasteiger partial charge in [0, 0.05) is 25.8 Å². The molecule has 1 aromatic carbocycles. The number of para-hydroxylation sites is 1. The topological polar surface area (TPSA) is 50.2 Å². The lowest BCUT2D eigenvalue weighted by Gasteiger charge is -2.22. The molecule has 0 radical (unpaired) electrons. The van der Waals surface area contributed by atoms with E-state index in [-0.39, 0.29) is 11.9 Å². The van der Waals surface area contributed by atoms with Crippen LogP contribution in [0.4, 0.5) is 0 Å². The van der Waals surface area contributed by atoms with Crippen molar-refractivity contribution in [3.8, 4) is 5.69 Å². The van der Waals surface area contributed by atoms with Crippen LogP contribution < -0.4 is 5.32 Å². The van der Waals surface area contributed by atoms with Crippen LogP contribution in [0.2, 0.25) is 5.02 Å². The predicted molar refractivity (Wildman–Crippen MR) is 81.9 cm³/mol. The van der Waals surface area contributed by atoms with Gasteiger partial charge in [-0.25, -0.2) is 4.68 Å². The first-order valence-electron chi connectivity index (χ1n) is 6.95. The van der Waals surface area contributed by atoms with Gasteiger partial charge in [-0.15, -0.1) is 0 Å². The molecule has 6 heteroatoms. The number of halogens is 1. The van der Waals surface area contributed by atoms with E-state index in [4.69, 9.17) is 11.6 Å². The number of aromatic nitrogens is 2. The number of likely N-dealkylation sites (N-methyl/N-ethyl adjacent to an activating group) is 1. The molecular formula is C15H17ClN4O. The maximum Gasteiger partial charge on any atom is 0.274 e. The number of nitrogens with one attached hydrogen (secondary N) is 1. The van der Waals surface area contributed by atoms with Crippen molar-refractivity contribution in [2.75, 3.05) is 20.1 Å². The van der Waals surface area contributed by atoms with Gasteiger partial charge in [0.1, 0.15) is 0 Å². The van der Waals surface area contributed by atoms with E-state index in [2.05, 4.69) is 10.4 Å². The second-order valence-electron chi connectivity index (χ2n) is 5.16. The SMILES string of the molecule is CN(C(=O)c1ccn(-c2ccccc2Cl)n1)[C@@H]1CCNC1. The number of benzene rings is 1. The van der Waals surface area contributed by atoms with Crippen molar-refractivity contribution in [3.63, 3.8) is 0 Å². The van der Waals surface area contributed by atoms with Crippen LogP contribution in [-0.4, -0.2) is 46.8 Å². The lowest BCUT2D eigenvalue weighted by atomic mass is 10.2. The van der Waals surface area contributed by atoms with E-state index in [1.165, 1.54) is 0 Å². The first-order valence-corrected chi connectivity index (χ1v) is 7.33. The van der Waals surface area contributed by atoms with E-state index in [9.17, 15) is 4.79 Å². The van der Waals surface area contributed by atoms with Crippen molar-refractivity contribution in [3.05, 3.63) is 47.2 Å². The van der Waals surface area contributed by atoms with Gasteiger partial charge in [-0.3, -0.25) is 4.79 Å². The van der Waals surface area contributed by atoms with E-state index in [1.807, 2.05) is 25.2 Å². The standard InChI is InChI=1S/C15H17ClN4O/c1-19(11-6-8-17-10-11)15(21)13-7-9-20(18-13)14-5-3-2-4-12(14)16/h2-5,7,9,11,17H,6,8,10H2,1H3/t11-/m1/s1. The van der Waals surface area contributed by atoms with Gasteiger partial charge in [0.2, 0.25) is 0 Å². The molecule has 5 nitrogen and oxygen atoms in total. The number of nitrogens with zero attached hydrogens (tertiary/aromatic N) is 3. The number of hydrogen-bond acceptors (Lipinski definition) is 3. The quantitative estimate of drug-likeness (QED) is 0.943. The number of amides is 1. The molecule has 21 heavy (non-hydrogen) atoms. The van der Waals surface area contributed by atoms with Gasteiger partial charge in [-0.2, -0.15) is 5.10 Å². The minimum absolute atomic E-state index is 0.0606. The summed E-state index contributed by atoms with van der Waals surface area (Å²) in [5.41, 5.74) is 1.20. The predicted octanol–water partition coefficient (Wildman–Crippen LogP) is 1.96. The molecule has 1 amide bonds. The highest BCUT2D eigenvalue weighted by atomic mass is 35.5. The van der Waals surface area contributed by atoms with Gasteiger partial charge in [0.25, 0.3) is 5.91 Å². The van der Waals surface area contributed by atoms with Gasteiger partial charge < -0.3 is 10.2 Å². The molecular weight excluding hydrogens is 288 g/mol. The minimum Gasteiger partial charge on any atom is -0.336 e. The molecule has 110 valence electrons. The molecule has 1 aliphatic rings. The highest BCUT2D eigenvalue weighted by molar-refractivity contribution is 6.32. The van der Waals surface area contributed by atoms with Crippen LogP contribution in [0.1, 0.15) is 16.9 Å². The van der Waals surface area contributed by atoms with Crippen molar-refractivity contribution >= 4 is 17.5 Å². The first kappa shape index (κ1) is 14.1. The van der Waals surface area contributed by atoms with E-state index >= 15 is 0 Å². The number of hydrogen-bond donors (Lipinski definition) is 1. The van der Waals surface area contributed by atoms with E-state index in [0.717, 1.165) is 25.2 Å². The van der Waals surface area contributed by atoms with Crippen LogP contribution in [0.5, 0.6) is 0 Å². The average molecular weight is 305 g/mol. The Morgan fingerprint density at radius 2 is 2.24 bits per heavy atom. The minimum atomic E-state index is -0.0606. The molecule has 3 rings (SSSR count). The summed E-state index contributed by atoms with van der Waals surface area (Å²) in [5, 5.41) is 8.22. The van der Waals surface area contributed by atoms with Crippen molar-refractivity contribution < 1.29 is 4.79 Å². The number of carbonyl (C=O) groups excluding carboxylic acids is 1. The molecule has 2 heterocycles. The fourth-order valence-corrected chi connectivity index (χ4v) is 2.75. The third-order valence-corrected chi connectivity index (χ3v) is 4.13. The lowest BCUT2D eigenvalue weighted by Crippen LogP contribution is -2.38. The van der Waals surface area contributed by atoms with Crippen molar-refractivity contribution in [2.24, 2.45) is 0 Å². The average Bonchev–Trinajstić information content (AvgIpc) is 3.17. The largest absolute Gasteiger partial charge is 0.336 e. The molecule has 0 spiro atoms. The lowest BCUT2D eigenvalue weighted by molar-refractivity contribution is 0.0737. The van der Waals surface area contributed by atoms with Crippen LogP contribution in [0.3, 0.4) is 0 Å². The fourth-order valence-electron chi connectivity index (χ4n) is 2.53. The maximum absolute atomic E-state index is 12.5. The Kier molecular flexibility index (Phi) is 3.94. The van der Waals surface area contributed by atoms with Gasteiger partial charge in [-0.05, 0) is 31.2 Å². The van der Waals surface area contributed by atoms with Crippen LogP contribution in [-0.2, 0) is 0 Å². The Balaban J connectivity index is 1.81. The highest BCUT2D eigenvalue weighted by Gasteiger charge is 2.25. The molecule has 1 aliphatic heterocycles. The molecule has 0 bridgehead atoms. The van der Waals surface area contributed by atoms with Crippen LogP contribution in [0.25, 0.3) is 5.69 Å². The zero-order valence-electron chi connectivity index (χ0n) is 11.8. The monoisotopic (exact) mass is 304 g/mol. The summed E-state index contributed by atoms with van der Waals surface area (Å²) in [5.74, 6) is -0.0606. The molecule has 1 fully saturated rings. The summed E-state index contributed by atoms with van der Waals surface area (Å²) in [4.78, 5) is 14.2. The summed E-state index contributed by atoms with van der Waals surface area (Å²) in [6, 6.07) is 9.39. The summed E-state index contributed by atoms with van der Waals surface area (Å²) in [6.45, 7) is 1.80. The Labute approximate surface area is 128 Å². The summed E-state index contributed by atoms with van der Waals surface area (Å²) in [6.07, 6.45) is 2.74. The zero-order valence-corrected chi connectivity index (χ0v) is 12.5. The first-order chi connectivity index (χ1) is 10.2. The van der Waals surface area contributed by atoms with Gasteiger partial charge in [0.05, 0.1) is 10.7 Å². The van der Waals surface area contributed by atoms with Crippen molar-refractivity contribution in [2.45, 2.75) is 12.5 Å². The summed E-state index contributed by atoms with van der Waals surface area (Å²) >= 11 is 6.15. The molecule has 1 atom stereocenters. The third-order valence-electron chi connectivity index (χ3n) is 3.81. The second kappa shape index (κ2) is 5.87. The molecule has 0 unspecified atom stereocenters. The van der Waals surface area contributed by atoms with E-state index in [0.29, 0.717) is 10.7 Å². The smallest absolute Gasteiger partial charge is 0.274 e. The normalized spacial score (nSPS) is 17.9. The highest BCUT2D eigenvalue weighted by Crippen LogP contribution is 2.19. The van der Waals surface area contributed by atoms with Gasteiger partial charge >= 0.3 is 0 Å². The Bertz CT molecular complexity index is 649. The van der Waals surface area contributed by atoms with E-state index < -0.39 is 0 Å². The van der Waals surface area contributed by atoms with Gasteiger partial charge in [0.15, 0.2) is 5.69 Å². The Morgan fingerprint density at radius 3 is 2.95 bits per heavy atom. The number of carbonyl (C=O) groups is 1. The molecule has 1 aromatic heterocycles. The van der Waals surface area contributed by atoms with Crippen molar-refractivity contribution in [1.82, 2.24) is 20.0 Å². The maximum atomic E-state index is 12.5. The van der Waals surface area contributed by atoms with Crippen LogP contribution in [0, 0.1) is 0 Å². The Hall–Kier alpha value is -1.85. The zero-order chi connectivity index (χ0) is 14.8. The van der Waals surface area contributed by atoms with E-state index in [1.54, 1.807) is 27.9 Å². The van der Waals surface area contributed by atoms with Crippen LogP contribution >= 0.6 is 11.6 Å².